The van der Waals surface area contributed by atoms with Crippen LogP contribution in [-0.2, 0) is 6.54 Å². The van der Waals surface area contributed by atoms with Gasteiger partial charge in [0.25, 0.3) is 5.91 Å². The maximum Gasteiger partial charge on any atom is 0.254 e. The molecule has 1 amide bonds. The first kappa shape index (κ1) is 18.5. The monoisotopic (exact) mass is 374 g/mol. The number of nitrogens with zero attached hydrogens (tertiary/aromatic N) is 2. The van der Waals surface area contributed by atoms with Gasteiger partial charge in [0.05, 0.1) is 12.8 Å². The fraction of sp³-hybridized carbons (Fsp3) is 0.292. The van der Waals surface area contributed by atoms with Crippen molar-refractivity contribution in [1.29, 1.82) is 0 Å². The second kappa shape index (κ2) is 8.44. The van der Waals surface area contributed by atoms with Gasteiger partial charge in [0.2, 0.25) is 0 Å². The largest absolute Gasteiger partial charge is 0.467 e. The number of hydrogen-bond donors (Lipinski definition) is 0. The summed E-state index contributed by atoms with van der Waals surface area (Å²) < 4.78 is 5.53. The third-order valence-electron chi connectivity index (χ3n) is 5.53. The van der Waals surface area contributed by atoms with E-state index in [1.54, 1.807) is 6.26 Å². The SMILES string of the molecule is CN1CCC(N(Cc2ccco2)C(=O)c2ccc(-c3ccccc3)cc2)CC1. The third kappa shape index (κ3) is 4.18. The van der Waals surface area contributed by atoms with Gasteiger partial charge in [-0.2, -0.15) is 0 Å². The molecule has 0 atom stereocenters. The van der Waals surface area contributed by atoms with Crippen molar-refractivity contribution in [3.63, 3.8) is 0 Å². The van der Waals surface area contributed by atoms with Crippen LogP contribution in [0.4, 0.5) is 0 Å². The van der Waals surface area contributed by atoms with Crippen molar-refractivity contribution in [2.24, 2.45) is 0 Å². The van der Waals surface area contributed by atoms with Crippen LogP contribution in [-0.4, -0.2) is 41.9 Å². The van der Waals surface area contributed by atoms with Crippen LogP contribution in [0.25, 0.3) is 11.1 Å². The molecule has 0 unspecified atom stereocenters. The molecule has 4 heteroatoms. The number of carbonyl (C=O) groups is 1. The molecule has 0 saturated carbocycles. The van der Waals surface area contributed by atoms with E-state index in [1.165, 1.54) is 0 Å². The van der Waals surface area contributed by atoms with Crippen molar-refractivity contribution in [3.05, 3.63) is 84.3 Å². The van der Waals surface area contributed by atoms with Gasteiger partial charge in [-0.15, -0.1) is 0 Å². The Balaban J connectivity index is 1.56. The number of likely N-dealkylation sites (tertiary alicyclic amines) is 1. The molecule has 144 valence electrons. The first-order chi connectivity index (χ1) is 13.7. The maximum atomic E-state index is 13.4. The minimum atomic E-state index is 0.0746. The topological polar surface area (TPSA) is 36.7 Å². The van der Waals surface area contributed by atoms with Crippen LogP contribution in [0.15, 0.2) is 77.4 Å². The van der Waals surface area contributed by atoms with Gasteiger partial charge in [-0.25, -0.2) is 0 Å². The molecule has 3 aromatic rings. The molecular formula is C24H26N2O2. The van der Waals surface area contributed by atoms with E-state index in [-0.39, 0.29) is 11.9 Å². The van der Waals surface area contributed by atoms with E-state index in [9.17, 15) is 4.79 Å². The zero-order valence-corrected chi connectivity index (χ0v) is 16.3. The van der Waals surface area contributed by atoms with Crippen LogP contribution in [0.5, 0.6) is 0 Å². The van der Waals surface area contributed by atoms with E-state index in [0.29, 0.717) is 6.54 Å². The number of hydrogen-bond acceptors (Lipinski definition) is 3. The molecule has 0 bridgehead atoms. The molecule has 0 spiro atoms. The molecule has 0 radical (unpaired) electrons. The summed E-state index contributed by atoms with van der Waals surface area (Å²) in [4.78, 5) is 17.7. The Morgan fingerprint density at radius 1 is 0.964 bits per heavy atom. The Kier molecular flexibility index (Phi) is 5.58. The highest BCUT2D eigenvalue weighted by Gasteiger charge is 2.28. The lowest BCUT2D eigenvalue weighted by atomic mass is 10.0. The van der Waals surface area contributed by atoms with Gasteiger partial charge in [-0.1, -0.05) is 42.5 Å². The first-order valence-electron chi connectivity index (χ1n) is 9.88. The van der Waals surface area contributed by atoms with E-state index in [2.05, 4.69) is 24.1 Å². The summed E-state index contributed by atoms with van der Waals surface area (Å²) in [6.45, 7) is 2.54. The molecule has 4 rings (SSSR count). The van der Waals surface area contributed by atoms with Crippen LogP contribution in [0, 0.1) is 0 Å². The summed E-state index contributed by atoms with van der Waals surface area (Å²) in [6, 6.07) is 22.2. The Labute approximate surface area is 166 Å². The van der Waals surface area contributed by atoms with Crippen molar-refractivity contribution in [2.45, 2.75) is 25.4 Å². The van der Waals surface area contributed by atoms with Crippen molar-refractivity contribution in [1.82, 2.24) is 9.80 Å². The van der Waals surface area contributed by atoms with Gasteiger partial charge < -0.3 is 14.2 Å². The first-order valence-corrected chi connectivity index (χ1v) is 9.88. The highest BCUT2D eigenvalue weighted by Crippen LogP contribution is 2.24. The number of furan rings is 1. The fourth-order valence-corrected chi connectivity index (χ4v) is 3.85. The number of amides is 1. The molecule has 2 aromatic carbocycles. The lowest BCUT2D eigenvalue weighted by Crippen LogP contribution is -2.46. The highest BCUT2D eigenvalue weighted by molar-refractivity contribution is 5.95. The van der Waals surface area contributed by atoms with E-state index < -0.39 is 0 Å². The van der Waals surface area contributed by atoms with Gasteiger partial charge in [0.15, 0.2) is 0 Å². The summed E-state index contributed by atoms with van der Waals surface area (Å²) in [5.74, 6) is 0.902. The predicted octanol–water partition coefficient (Wildman–Crippen LogP) is 4.68. The summed E-state index contributed by atoms with van der Waals surface area (Å²) in [5, 5.41) is 0. The zero-order chi connectivity index (χ0) is 19.3. The van der Waals surface area contributed by atoms with Gasteiger partial charge in [0.1, 0.15) is 5.76 Å². The maximum absolute atomic E-state index is 13.4. The van der Waals surface area contributed by atoms with Crippen molar-refractivity contribution in [3.8, 4) is 11.1 Å². The van der Waals surface area contributed by atoms with Crippen molar-refractivity contribution < 1.29 is 9.21 Å². The average molecular weight is 374 g/mol. The Hall–Kier alpha value is -2.85. The molecular weight excluding hydrogens is 348 g/mol. The Morgan fingerprint density at radius 3 is 2.29 bits per heavy atom. The van der Waals surface area contributed by atoms with Crippen LogP contribution < -0.4 is 0 Å². The molecule has 0 N–H and O–H groups in total. The number of piperidine rings is 1. The summed E-state index contributed by atoms with van der Waals surface area (Å²) in [6.07, 6.45) is 3.65. The van der Waals surface area contributed by atoms with Crippen molar-refractivity contribution in [2.75, 3.05) is 20.1 Å². The van der Waals surface area contributed by atoms with Gasteiger partial charge >= 0.3 is 0 Å². The molecule has 1 fully saturated rings. The van der Waals surface area contributed by atoms with E-state index >= 15 is 0 Å². The molecule has 1 aliphatic rings. The fourth-order valence-electron chi connectivity index (χ4n) is 3.85. The Bertz CT molecular complexity index is 880. The smallest absolute Gasteiger partial charge is 0.254 e. The van der Waals surface area contributed by atoms with Crippen LogP contribution in [0.2, 0.25) is 0 Å². The highest BCUT2D eigenvalue weighted by atomic mass is 16.3. The number of benzene rings is 2. The molecule has 1 saturated heterocycles. The Morgan fingerprint density at radius 2 is 1.64 bits per heavy atom. The summed E-state index contributed by atoms with van der Waals surface area (Å²) in [7, 11) is 2.14. The van der Waals surface area contributed by atoms with Crippen LogP contribution in [0.3, 0.4) is 0 Å². The second-order valence-corrected chi connectivity index (χ2v) is 7.49. The standard InChI is InChI=1S/C24H26N2O2/c1-25-15-13-22(14-16-25)26(18-23-8-5-17-28-23)24(27)21-11-9-20(10-12-21)19-6-3-2-4-7-19/h2-12,17,22H,13-16,18H2,1H3. The normalized spacial score (nSPS) is 15.5. The number of carbonyl (C=O) groups excluding carboxylic acids is 1. The number of rotatable bonds is 5. The molecule has 28 heavy (non-hydrogen) atoms. The molecule has 0 aliphatic carbocycles. The third-order valence-corrected chi connectivity index (χ3v) is 5.53. The average Bonchev–Trinajstić information content (AvgIpc) is 3.26. The quantitative estimate of drug-likeness (QED) is 0.650. The second-order valence-electron chi connectivity index (χ2n) is 7.49. The van der Waals surface area contributed by atoms with Crippen molar-refractivity contribution >= 4 is 5.91 Å². The molecule has 1 aromatic heterocycles. The lowest BCUT2D eigenvalue weighted by Gasteiger charge is -2.37. The molecule has 4 nitrogen and oxygen atoms in total. The van der Waals surface area contributed by atoms with E-state index in [1.807, 2.05) is 59.5 Å². The summed E-state index contributed by atoms with van der Waals surface area (Å²) in [5.41, 5.74) is 3.00. The lowest BCUT2D eigenvalue weighted by molar-refractivity contribution is 0.0550. The van der Waals surface area contributed by atoms with Crippen LogP contribution >= 0.6 is 0 Å². The minimum Gasteiger partial charge on any atom is -0.467 e. The summed E-state index contributed by atoms with van der Waals surface area (Å²) >= 11 is 0. The minimum absolute atomic E-state index is 0.0746. The molecule has 1 aliphatic heterocycles. The predicted molar refractivity (Wildman–Crippen MR) is 111 cm³/mol. The zero-order valence-electron chi connectivity index (χ0n) is 16.3. The molecule has 2 heterocycles. The van der Waals surface area contributed by atoms with E-state index in [0.717, 1.165) is 48.4 Å². The van der Waals surface area contributed by atoms with Gasteiger partial charge in [0, 0.05) is 11.6 Å². The van der Waals surface area contributed by atoms with Gasteiger partial charge in [-0.05, 0) is 68.4 Å². The van der Waals surface area contributed by atoms with Gasteiger partial charge in [-0.3, -0.25) is 4.79 Å². The van der Waals surface area contributed by atoms with E-state index in [4.69, 9.17) is 4.42 Å². The van der Waals surface area contributed by atoms with Crippen LogP contribution in [0.1, 0.15) is 29.0 Å².